The number of nitrogens with zero attached hydrogens (tertiary/aromatic N) is 4. The number of amides is 1. The van der Waals surface area contributed by atoms with Crippen LogP contribution in [0.1, 0.15) is 11.4 Å². The third-order valence-corrected chi connectivity index (χ3v) is 3.14. The monoisotopic (exact) mass is 258 g/mol. The zero-order chi connectivity index (χ0) is 13.7. The molecule has 5 heteroatoms. The van der Waals surface area contributed by atoms with Crippen molar-refractivity contribution in [1.82, 2.24) is 19.4 Å². The summed E-state index contributed by atoms with van der Waals surface area (Å²) in [5.74, 6) is 0.879. The topological polar surface area (TPSA) is 51.0 Å². The Bertz CT molecular complexity index is 535. The fourth-order valence-corrected chi connectivity index (χ4v) is 1.81. The Hall–Kier alpha value is -2.17. The number of rotatable bonds is 5. The van der Waals surface area contributed by atoms with Crippen molar-refractivity contribution in [3.8, 4) is 0 Å². The summed E-state index contributed by atoms with van der Waals surface area (Å²) < 4.78 is 1.87. The van der Waals surface area contributed by atoms with E-state index < -0.39 is 0 Å². The number of aryl methyl sites for hydroxylation is 1. The van der Waals surface area contributed by atoms with Crippen LogP contribution in [-0.2, 0) is 24.7 Å². The van der Waals surface area contributed by atoms with Crippen LogP contribution in [0, 0.1) is 0 Å². The van der Waals surface area contributed by atoms with E-state index in [1.165, 1.54) is 5.56 Å². The molecule has 2 heterocycles. The van der Waals surface area contributed by atoms with Gasteiger partial charge >= 0.3 is 0 Å². The van der Waals surface area contributed by atoms with Gasteiger partial charge in [0, 0.05) is 45.4 Å². The number of imidazole rings is 1. The van der Waals surface area contributed by atoms with Crippen molar-refractivity contribution < 1.29 is 4.79 Å². The van der Waals surface area contributed by atoms with Crippen LogP contribution >= 0.6 is 0 Å². The molecule has 0 spiro atoms. The lowest BCUT2D eigenvalue weighted by Gasteiger charge is -2.17. The number of hydrogen-bond acceptors (Lipinski definition) is 3. The van der Waals surface area contributed by atoms with Crippen LogP contribution in [0.25, 0.3) is 0 Å². The molecule has 0 saturated carbocycles. The van der Waals surface area contributed by atoms with Crippen molar-refractivity contribution in [2.24, 2.45) is 7.05 Å². The molecule has 0 N–H and O–H groups in total. The minimum absolute atomic E-state index is 0.0864. The molecule has 0 atom stereocenters. The molecule has 0 aliphatic heterocycles. The predicted molar refractivity (Wildman–Crippen MR) is 72.5 cm³/mol. The first kappa shape index (κ1) is 13.3. The lowest BCUT2D eigenvalue weighted by Crippen LogP contribution is -2.30. The van der Waals surface area contributed by atoms with Gasteiger partial charge < -0.3 is 9.47 Å². The summed E-state index contributed by atoms with van der Waals surface area (Å²) in [6, 6.07) is 3.94. The summed E-state index contributed by atoms with van der Waals surface area (Å²) in [5.41, 5.74) is 1.19. The number of likely N-dealkylation sites (N-methyl/N-ethyl adjacent to an activating group) is 1. The maximum Gasteiger partial charge on any atom is 0.229 e. The fourth-order valence-electron chi connectivity index (χ4n) is 1.81. The lowest BCUT2D eigenvalue weighted by atomic mass is 10.2. The summed E-state index contributed by atoms with van der Waals surface area (Å²) >= 11 is 0. The van der Waals surface area contributed by atoms with Gasteiger partial charge in [0.15, 0.2) is 0 Å². The molecule has 0 bridgehead atoms. The molecule has 5 nitrogen and oxygen atoms in total. The van der Waals surface area contributed by atoms with E-state index in [1.807, 2.05) is 37.0 Å². The smallest absolute Gasteiger partial charge is 0.229 e. The third kappa shape index (κ3) is 3.64. The molecular weight excluding hydrogens is 240 g/mol. The van der Waals surface area contributed by atoms with Crippen molar-refractivity contribution in [3.63, 3.8) is 0 Å². The fraction of sp³-hybridized carbons (Fsp3) is 0.357. The average Bonchev–Trinajstić information content (AvgIpc) is 2.82. The minimum atomic E-state index is 0.0864. The first-order chi connectivity index (χ1) is 9.16. The van der Waals surface area contributed by atoms with E-state index in [1.54, 1.807) is 23.5 Å². The second-order valence-corrected chi connectivity index (χ2v) is 4.55. The molecule has 100 valence electrons. The van der Waals surface area contributed by atoms with E-state index in [0.717, 1.165) is 12.2 Å². The predicted octanol–water partition coefficient (Wildman–Crippen LogP) is 1.06. The van der Waals surface area contributed by atoms with Crippen LogP contribution in [0.5, 0.6) is 0 Å². The third-order valence-electron chi connectivity index (χ3n) is 3.14. The van der Waals surface area contributed by atoms with Gasteiger partial charge in [-0.3, -0.25) is 9.78 Å². The molecule has 0 fully saturated rings. The second kappa shape index (κ2) is 6.13. The van der Waals surface area contributed by atoms with E-state index >= 15 is 0 Å². The standard InChI is InChI=1S/C14H18N4O/c1-17-10-8-16-13(17)11-14(19)18(2)9-5-12-3-6-15-7-4-12/h3-4,6-8,10H,5,9,11H2,1-2H3. The summed E-state index contributed by atoms with van der Waals surface area (Å²) in [5, 5.41) is 0. The first-order valence-corrected chi connectivity index (χ1v) is 6.26. The molecule has 0 aliphatic carbocycles. The Kier molecular flexibility index (Phi) is 4.28. The summed E-state index contributed by atoms with van der Waals surface area (Å²) in [7, 11) is 3.72. The van der Waals surface area contributed by atoms with Crippen molar-refractivity contribution in [2.75, 3.05) is 13.6 Å². The van der Waals surface area contributed by atoms with Gasteiger partial charge in [-0.05, 0) is 24.1 Å². The van der Waals surface area contributed by atoms with Gasteiger partial charge in [-0.1, -0.05) is 0 Å². The van der Waals surface area contributed by atoms with Crippen LogP contribution in [0.3, 0.4) is 0 Å². The zero-order valence-electron chi connectivity index (χ0n) is 11.3. The van der Waals surface area contributed by atoms with E-state index in [2.05, 4.69) is 9.97 Å². The second-order valence-electron chi connectivity index (χ2n) is 4.55. The molecule has 0 radical (unpaired) electrons. The van der Waals surface area contributed by atoms with E-state index in [4.69, 9.17) is 0 Å². The molecular formula is C14H18N4O. The molecule has 19 heavy (non-hydrogen) atoms. The van der Waals surface area contributed by atoms with E-state index in [-0.39, 0.29) is 5.91 Å². The molecule has 0 saturated heterocycles. The summed E-state index contributed by atoms with van der Waals surface area (Å²) in [6.07, 6.45) is 8.27. The van der Waals surface area contributed by atoms with Crippen molar-refractivity contribution >= 4 is 5.91 Å². The summed E-state index contributed by atoms with van der Waals surface area (Å²) in [6.45, 7) is 0.702. The van der Waals surface area contributed by atoms with E-state index in [0.29, 0.717) is 13.0 Å². The van der Waals surface area contributed by atoms with Gasteiger partial charge in [0.1, 0.15) is 5.82 Å². The molecule has 0 aromatic carbocycles. The number of carbonyl (C=O) groups excluding carboxylic acids is 1. The van der Waals surface area contributed by atoms with Crippen molar-refractivity contribution in [3.05, 3.63) is 48.3 Å². The maximum atomic E-state index is 12.0. The number of aromatic nitrogens is 3. The molecule has 1 amide bonds. The SMILES string of the molecule is CN(CCc1ccncc1)C(=O)Cc1nccn1C. The Morgan fingerprint density at radius 1 is 1.32 bits per heavy atom. The van der Waals surface area contributed by atoms with Gasteiger partial charge in [-0.15, -0.1) is 0 Å². The van der Waals surface area contributed by atoms with Gasteiger partial charge in [0.25, 0.3) is 0 Å². The van der Waals surface area contributed by atoms with Crippen LogP contribution in [0.4, 0.5) is 0 Å². The largest absolute Gasteiger partial charge is 0.345 e. The minimum Gasteiger partial charge on any atom is -0.345 e. The molecule has 2 aromatic rings. The van der Waals surface area contributed by atoms with E-state index in [9.17, 15) is 4.79 Å². The van der Waals surface area contributed by atoms with Gasteiger partial charge in [0.2, 0.25) is 5.91 Å². The molecule has 0 aliphatic rings. The highest BCUT2D eigenvalue weighted by Crippen LogP contribution is 2.02. The zero-order valence-corrected chi connectivity index (χ0v) is 11.3. The number of hydrogen-bond donors (Lipinski definition) is 0. The lowest BCUT2D eigenvalue weighted by molar-refractivity contribution is -0.129. The van der Waals surface area contributed by atoms with Crippen LogP contribution in [0.2, 0.25) is 0 Å². The number of pyridine rings is 1. The highest BCUT2D eigenvalue weighted by Gasteiger charge is 2.12. The van der Waals surface area contributed by atoms with Gasteiger partial charge in [-0.25, -0.2) is 4.98 Å². The maximum absolute atomic E-state index is 12.0. The Morgan fingerprint density at radius 3 is 2.68 bits per heavy atom. The van der Waals surface area contributed by atoms with Crippen LogP contribution < -0.4 is 0 Å². The normalized spacial score (nSPS) is 10.4. The average molecular weight is 258 g/mol. The van der Waals surface area contributed by atoms with Gasteiger partial charge in [-0.2, -0.15) is 0 Å². The Labute approximate surface area is 112 Å². The Morgan fingerprint density at radius 2 is 2.05 bits per heavy atom. The molecule has 2 rings (SSSR count). The highest BCUT2D eigenvalue weighted by molar-refractivity contribution is 5.77. The van der Waals surface area contributed by atoms with Crippen molar-refractivity contribution in [2.45, 2.75) is 12.8 Å². The Balaban J connectivity index is 1.84. The van der Waals surface area contributed by atoms with Crippen LogP contribution in [-0.4, -0.2) is 38.9 Å². The van der Waals surface area contributed by atoms with Crippen LogP contribution in [0.15, 0.2) is 36.9 Å². The quantitative estimate of drug-likeness (QED) is 0.805. The van der Waals surface area contributed by atoms with Crippen molar-refractivity contribution in [1.29, 1.82) is 0 Å². The molecule has 0 unspecified atom stereocenters. The summed E-state index contributed by atoms with van der Waals surface area (Å²) in [4.78, 5) is 21.9. The van der Waals surface area contributed by atoms with Gasteiger partial charge in [0.05, 0.1) is 6.42 Å². The number of carbonyl (C=O) groups is 1. The first-order valence-electron chi connectivity index (χ1n) is 6.26. The molecule has 2 aromatic heterocycles. The highest BCUT2D eigenvalue weighted by atomic mass is 16.2.